The summed E-state index contributed by atoms with van der Waals surface area (Å²) in [6.45, 7) is 8.50. The van der Waals surface area contributed by atoms with Gasteiger partial charge in [-0.2, -0.15) is 10.2 Å². The Kier molecular flexibility index (Phi) is 16.3. The molecule has 366 valence electrons. The smallest absolute Gasteiger partial charge is 0.493 e. The molecule has 3 aromatic carbocycles. The zero-order chi connectivity index (χ0) is 48.4. The van der Waals surface area contributed by atoms with Gasteiger partial charge in [0, 0.05) is 68.4 Å². The predicted octanol–water partition coefficient (Wildman–Crippen LogP) is 5.90. The fraction of sp³-hybridized carbons (Fsp3) is 0.467. The lowest BCUT2D eigenvalue weighted by atomic mass is 9.87. The summed E-state index contributed by atoms with van der Waals surface area (Å²) in [5, 5.41) is 8.50. The third-order valence-corrected chi connectivity index (χ3v) is 12.3. The van der Waals surface area contributed by atoms with E-state index in [9.17, 15) is 23.3 Å². The zero-order valence-electron chi connectivity index (χ0n) is 37.8. The van der Waals surface area contributed by atoms with Gasteiger partial charge in [-0.1, -0.05) is 13.0 Å². The number of unbranched alkanes of at least 4 members (excludes halogenated alkanes) is 1. The van der Waals surface area contributed by atoms with Gasteiger partial charge in [-0.25, -0.2) is 41.8 Å². The first kappa shape index (κ1) is 49.7. The number of rotatable bonds is 21. The van der Waals surface area contributed by atoms with Gasteiger partial charge in [0.25, 0.3) is 0 Å². The van der Waals surface area contributed by atoms with Gasteiger partial charge in [-0.15, -0.1) is 0 Å². The lowest BCUT2D eigenvalue weighted by Crippen LogP contribution is -2.46. The van der Waals surface area contributed by atoms with Crippen molar-refractivity contribution in [2.45, 2.75) is 83.5 Å². The molecule has 20 nitrogen and oxygen atoms in total. The summed E-state index contributed by atoms with van der Waals surface area (Å²) in [4.78, 5) is 64.2. The predicted molar refractivity (Wildman–Crippen MR) is 240 cm³/mol. The summed E-state index contributed by atoms with van der Waals surface area (Å²) < 4.78 is 76.1. The van der Waals surface area contributed by atoms with Crippen LogP contribution in [0, 0.1) is 17.6 Å². The molecule has 2 aliphatic heterocycles. The number of phosphoric ester groups is 1. The Labute approximate surface area is 390 Å². The van der Waals surface area contributed by atoms with E-state index in [4.69, 9.17) is 33.5 Å². The Balaban J connectivity index is 0.855. The molecule has 2 aromatic heterocycles. The Bertz CT molecular complexity index is 2550. The first-order valence-corrected chi connectivity index (χ1v) is 23.8. The number of nitrogens with zero attached hydrogens (tertiary/aromatic N) is 8. The summed E-state index contributed by atoms with van der Waals surface area (Å²) >= 11 is 0. The third-order valence-electron chi connectivity index (χ3n) is 11.8. The summed E-state index contributed by atoms with van der Waals surface area (Å²) in [5.74, 6) is -1.38. The summed E-state index contributed by atoms with van der Waals surface area (Å²) in [5.41, 5.74) is 1.45. The maximum atomic E-state index is 15.0. The van der Waals surface area contributed by atoms with Crippen molar-refractivity contribution in [2.24, 2.45) is 5.92 Å². The molecule has 5 atom stereocenters. The number of carbonyl (C=O) groups is 2. The third kappa shape index (κ3) is 12.9. The van der Waals surface area contributed by atoms with Crippen LogP contribution in [0.25, 0.3) is 5.69 Å². The molecule has 4 heterocycles. The van der Waals surface area contributed by atoms with E-state index in [1.54, 1.807) is 11.6 Å². The van der Waals surface area contributed by atoms with Crippen LogP contribution < -0.4 is 20.2 Å². The van der Waals surface area contributed by atoms with Crippen molar-refractivity contribution in [1.82, 2.24) is 29.1 Å². The molecule has 0 saturated carbocycles. The number of piperazine rings is 1. The van der Waals surface area contributed by atoms with Crippen molar-refractivity contribution in [3.8, 4) is 11.4 Å². The average molecular weight is 969 g/mol. The van der Waals surface area contributed by atoms with Crippen molar-refractivity contribution < 1.29 is 60.9 Å². The van der Waals surface area contributed by atoms with Crippen LogP contribution in [0.3, 0.4) is 0 Å². The minimum atomic E-state index is -4.58. The number of carbonyl (C=O) groups excluding carboxylic acids is 2. The molecule has 2 saturated heterocycles. The summed E-state index contributed by atoms with van der Waals surface area (Å²) in [6.07, 6.45) is 2.29. The van der Waals surface area contributed by atoms with Crippen LogP contribution in [0.5, 0.6) is 5.75 Å². The second-order valence-corrected chi connectivity index (χ2v) is 17.9. The van der Waals surface area contributed by atoms with Crippen molar-refractivity contribution in [1.29, 1.82) is 0 Å². The molecule has 1 unspecified atom stereocenters. The molecule has 23 heteroatoms. The summed E-state index contributed by atoms with van der Waals surface area (Å²) in [6, 6.07) is 18.4. The quantitative estimate of drug-likeness (QED) is 0.0378. The summed E-state index contributed by atoms with van der Waals surface area (Å²) in [7, 11) is -4.58. The molecule has 0 aliphatic carbocycles. The van der Waals surface area contributed by atoms with E-state index in [1.165, 1.54) is 47.3 Å². The van der Waals surface area contributed by atoms with Crippen molar-refractivity contribution in [2.75, 3.05) is 55.8 Å². The van der Waals surface area contributed by atoms with E-state index in [0.29, 0.717) is 37.5 Å². The highest BCUT2D eigenvalue weighted by atomic mass is 31.2. The molecular formula is C45H55F2N8O12P. The van der Waals surface area contributed by atoms with Crippen LogP contribution in [0.4, 0.5) is 25.0 Å². The van der Waals surface area contributed by atoms with Crippen LogP contribution >= 0.6 is 7.82 Å². The van der Waals surface area contributed by atoms with Gasteiger partial charge in [-0.3, -0.25) is 9.32 Å². The largest absolute Gasteiger partial charge is 0.511 e. The van der Waals surface area contributed by atoms with Crippen molar-refractivity contribution in [3.63, 3.8) is 0 Å². The Hall–Kier alpha value is -6.19. The number of benzene rings is 3. The minimum absolute atomic E-state index is 0.0510. The number of phosphoric acid groups is 1. The van der Waals surface area contributed by atoms with Crippen molar-refractivity contribution in [3.05, 3.63) is 113 Å². The van der Waals surface area contributed by atoms with Gasteiger partial charge >= 0.3 is 25.6 Å². The first-order chi connectivity index (χ1) is 32.6. The van der Waals surface area contributed by atoms with Crippen LogP contribution in [-0.4, -0.2) is 109 Å². The maximum Gasteiger partial charge on any atom is 0.511 e. The average Bonchev–Trinajstić information content (AvgIpc) is 4.07. The molecule has 68 heavy (non-hydrogen) atoms. The number of anilines is 2. The van der Waals surface area contributed by atoms with E-state index in [0.717, 1.165) is 43.6 Å². The second kappa shape index (κ2) is 22.3. The zero-order valence-corrected chi connectivity index (χ0v) is 38.7. The highest BCUT2D eigenvalue weighted by Crippen LogP contribution is 2.42. The number of aromatic nitrogens is 6. The molecule has 2 aliphatic rings. The standard InChI is InChI=1S/C45H55F2N8O12P/c1-4-41(31(2)65-44(58)67-32(3)66-42(56)7-5-6-22-64-68(59,60)61)55-43(57)54(30-50-55)37-11-9-35(10-12-37)51-18-20-52(21-19-51)36-13-15-38(16-14-36)62-25-33-24-45(63-26-33,27-53-29-48-28-49-53)39-17-8-34(46)23-40(39)47/h8-17,23,28-33,41H,4-7,18-22,24-27H2,1-3H3,(H2,59,60,61)/t31-,32?,33+,41-,45-/m0/s1. The van der Waals surface area contributed by atoms with Gasteiger partial charge in [-0.05, 0) is 87.2 Å². The second-order valence-electron chi connectivity index (χ2n) is 16.6. The molecular weight excluding hydrogens is 914 g/mol. The topological polar surface area (TPSA) is 224 Å². The fourth-order valence-electron chi connectivity index (χ4n) is 8.44. The molecule has 7 rings (SSSR count). The molecule has 2 fully saturated rings. The Morgan fingerprint density at radius 1 is 0.897 bits per heavy atom. The highest BCUT2D eigenvalue weighted by molar-refractivity contribution is 7.46. The van der Waals surface area contributed by atoms with E-state index in [-0.39, 0.29) is 43.9 Å². The molecule has 0 radical (unpaired) electrons. The van der Waals surface area contributed by atoms with Crippen LogP contribution in [0.2, 0.25) is 0 Å². The lowest BCUT2D eigenvalue weighted by molar-refractivity contribution is -0.169. The monoisotopic (exact) mass is 968 g/mol. The number of ether oxygens (including phenoxy) is 5. The molecule has 0 bridgehead atoms. The number of esters is 1. The Morgan fingerprint density at radius 3 is 2.21 bits per heavy atom. The van der Waals surface area contributed by atoms with Gasteiger partial charge in [0.1, 0.15) is 48.1 Å². The van der Waals surface area contributed by atoms with Crippen LogP contribution in [-0.2, 0) is 45.0 Å². The van der Waals surface area contributed by atoms with Gasteiger partial charge in [0.2, 0.25) is 6.29 Å². The van der Waals surface area contributed by atoms with Crippen molar-refractivity contribution >= 4 is 31.3 Å². The first-order valence-electron chi connectivity index (χ1n) is 22.3. The molecule has 0 amide bonds. The normalized spacial score (nSPS) is 18.8. The number of hydrogen-bond donors (Lipinski definition) is 2. The van der Waals surface area contributed by atoms with E-state index in [1.807, 2.05) is 55.5 Å². The molecule has 2 N–H and O–H groups in total. The van der Waals surface area contributed by atoms with Gasteiger partial charge in [0.05, 0.1) is 38.1 Å². The van der Waals surface area contributed by atoms with Crippen LogP contribution in [0.15, 0.2) is 90.5 Å². The van der Waals surface area contributed by atoms with Crippen LogP contribution in [0.1, 0.15) is 64.5 Å². The minimum Gasteiger partial charge on any atom is -0.493 e. The van der Waals surface area contributed by atoms with E-state index >= 15 is 4.39 Å². The van der Waals surface area contributed by atoms with Gasteiger partial charge < -0.3 is 43.3 Å². The highest BCUT2D eigenvalue weighted by Gasteiger charge is 2.45. The Morgan fingerprint density at radius 2 is 1.57 bits per heavy atom. The number of hydrogen-bond acceptors (Lipinski definition) is 15. The maximum absolute atomic E-state index is 15.0. The van der Waals surface area contributed by atoms with E-state index < -0.39 is 61.3 Å². The lowest BCUT2D eigenvalue weighted by Gasteiger charge is -2.37. The van der Waals surface area contributed by atoms with E-state index in [2.05, 4.69) is 29.5 Å². The fourth-order valence-corrected chi connectivity index (χ4v) is 8.81. The molecule has 5 aromatic rings. The van der Waals surface area contributed by atoms with Gasteiger partial charge in [0.15, 0.2) is 0 Å². The molecule has 0 spiro atoms. The SMILES string of the molecule is CC[C@@H]([C@H](C)OC(=O)OC(C)OC(=O)CCCCOP(=O)(O)O)n1ncn(-c2ccc(N3CCN(c4ccc(OC[C@@H]5CO[C@@](Cn6cncn6)(c6ccc(F)cc6F)C5)cc4)CC3)cc2)c1=O. The number of halogens is 2.